The number of ether oxygens (including phenoxy) is 1. The van der Waals surface area contributed by atoms with Gasteiger partial charge in [-0.05, 0) is 18.7 Å². The van der Waals surface area contributed by atoms with Crippen LogP contribution in [0.5, 0.6) is 0 Å². The minimum absolute atomic E-state index is 0.221. The van der Waals surface area contributed by atoms with E-state index in [1.54, 1.807) is 17.7 Å². The van der Waals surface area contributed by atoms with Crippen LogP contribution in [0.25, 0.3) is 10.4 Å². The predicted molar refractivity (Wildman–Crippen MR) is 73.6 cm³/mol. The largest absolute Gasteiger partial charge is 0.394 e. The van der Waals surface area contributed by atoms with Crippen LogP contribution in [0, 0.1) is 6.92 Å². The Morgan fingerprint density at radius 2 is 2.50 bits per heavy atom. The fourth-order valence-corrected chi connectivity index (χ4v) is 2.70. The van der Waals surface area contributed by atoms with E-state index in [0.29, 0.717) is 17.1 Å². The van der Waals surface area contributed by atoms with Gasteiger partial charge in [0.15, 0.2) is 5.16 Å². The molecule has 0 radical (unpaired) electrons. The summed E-state index contributed by atoms with van der Waals surface area (Å²) in [6.45, 7) is 1.46. The van der Waals surface area contributed by atoms with Gasteiger partial charge in [-0.1, -0.05) is 16.9 Å². The summed E-state index contributed by atoms with van der Waals surface area (Å²) in [6.07, 6.45) is 2.99. The molecule has 0 saturated carbocycles. The number of aliphatic hydroxyl groups is 1. The maximum Gasteiger partial charge on any atom is 0.276 e. The first-order chi connectivity index (χ1) is 9.60. The zero-order chi connectivity index (χ0) is 14.7. The molecule has 0 bridgehead atoms. The van der Waals surface area contributed by atoms with E-state index >= 15 is 0 Å². The minimum Gasteiger partial charge on any atom is -0.394 e. The molecule has 1 aromatic rings. The van der Waals surface area contributed by atoms with Crippen LogP contribution in [-0.2, 0) is 4.74 Å². The van der Waals surface area contributed by atoms with Crippen molar-refractivity contribution in [2.24, 2.45) is 5.11 Å². The second-order valence-electron chi connectivity index (χ2n) is 4.44. The van der Waals surface area contributed by atoms with E-state index in [0.717, 1.165) is 0 Å². The Morgan fingerprint density at radius 3 is 3.10 bits per heavy atom. The first-order valence-electron chi connectivity index (χ1n) is 6.05. The monoisotopic (exact) mass is 297 g/mol. The molecule has 8 nitrogen and oxygen atoms in total. The highest BCUT2D eigenvalue weighted by Gasteiger charge is 2.35. The van der Waals surface area contributed by atoms with Crippen molar-refractivity contribution in [1.29, 1.82) is 0 Å². The van der Waals surface area contributed by atoms with Gasteiger partial charge in [-0.15, -0.1) is 0 Å². The third-order valence-electron chi connectivity index (χ3n) is 3.17. The first kappa shape index (κ1) is 14.9. The van der Waals surface area contributed by atoms with Crippen LogP contribution in [0.15, 0.2) is 21.3 Å². The van der Waals surface area contributed by atoms with Crippen LogP contribution >= 0.6 is 11.8 Å². The first-order valence-corrected chi connectivity index (χ1v) is 7.27. The van der Waals surface area contributed by atoms with Crippen molar-refractivity contribution < 1.29 is 9.84 Å². The van der Waals surface area contributed by atoms with Gasteiger partial charge in [-0.2, -0.15) is 4.98 Å². The lowest BCUT2D eigenvalue weighted by atomic mass is 10.1. The van der Waals surface area contributed by atoms with Crippen LogP contribution in [0.3, 0.4) is 0 Å². The molecular formula is C11H15N5O3S. The standard InChI is InChI=1S/C11H15N5O3S/c1-6-4-16(11(20-2)13-10(6)18)9-3-7(14-15-12)8(5-17)19-9/h4,7-9,17H,3,5H2,1-2H3/t7-,8+,9-/m0/s1. The van der Waals surface area contributed by atoms with Crippen LogP contribution in [-0.4, -0.2) is 39.7 Å². The zero-order valence-corrected chi connectivity index (χ0v) is 11.9. The van der Waals surface area contributed by atoms with Crippen molar-refractivity contribution in [2.45, 2.75) is 36.9 Å². The summed E-state index contributed by atoms with van der Waals surface area (Å²) in [6, 6.07) is -0.426. The Morgan fingerprint density at radius 1 is 1.75 bits per heavy atom. The molecule has 0 amide bonds. The number of hydrogen-bond donors (Lipinski definition) is 1. The van der Waals surface area contributed by atoms with Gasteiger partial charge in [0.1, 0.15) is 6.23 Å². The summed E-state index contributed by atoms with van der Waals surface area (Å²) >= 11 is 1.33. The zero-order valence-electron chi connectivity index (χ0n) is 11.1. The van der Waals surface area contributed by atoms with Crippen molar-refractivity contribution in [3.8, 4) is 0 Å². The Bertz CT molecular complexity index is 598. The van der Waals surface area contributed by atoms with Gasteiger partial charge < -0.3 is 14.4 Å². The summed E-state index contributed by atoms with van der Waals surface area (Å²) in [5, 5.41) is 13.4. The van der Waals surface area contributed by atoms with Crippen molar-refractivity contribution in [3.05, 3.63) is 32.6 Å². The minimum atomic E-state index is -0.537. The van der Waals surface area contributed by atoms with Crippen molar-refractivity contribution in [1.82, 2.24) is 9.55 Å². The van der Waals surface area contributed by atoms with E-state index in [4.69, 9.17) is 10.3 Å². The SMILES string of the molecule is CSc1nc(=O)c(C)cn1[C@@H]1C[C@H](N=[N+]=[N-])[C@@H](CO)O1. The second-order valence-corrected chi connectivity index (χ2v) is 5.22. The molecule has 1 aliphatic rings. The highest BCUT2D eigenvalue weighted by atomic mass is 32.2. The van der Waals surface area contributed by atoms with Crippen LogP contribution in [0.4, 0.5) is 0 Å². The molecule has 1 saturated heterocycles. The van der Waals surface area contributed by atoms with Crippen molar-refractivity contribution >= 4 is 11.8 Å². The summed E-state index contributed by atoms with van der Waals surface area (Å²) in [7, 11) is 0. The highest BCUT2D eigenvalue weighted by molar-refractivity contribution is 7.98. The molecule has 2 rings (SSSR count). The lowest BCUT2D eigenvalue weighted by Crippen LogP contribution is -2.23. The molecule has 3 atom stereocenters. The Hall–Kier alpha value is -1.54. The fraction of sp³-hybridized carbons (Fsp3) is 0.636. The van der Waals surface area contributed by atoms with E-state index in [2.05, 4.69) is 15.0 Å². The topological polar surface area (TPSA) is 113 Å². The van der Waals surface area contributed by atoms with Crippen molar-refractivity contribution in [2.75, 3.05) is 12.9 Å². The fourth-order valence-electron chi connectivity index (χ4n) is 2.15. The van der Waals surface area contributed by atoms with Crippen LogP contribution in [0.2, 0.25) is 0 Å². The van der Waals surface area contributed by atoms with Gasteiger partial charge in [0.2, 0.25) is 0 Å². The molecule has 0 spiro atoms. The van der Waals surface area contributed by atoms with Gasteiger partial charge in [0.05, 0.1) is 18.8 Å². The molecule has 9 heteroatoms. The molecule has 0 aromatic carbocycles. The van der Waals surface area contributed by atoms with E-state index in [9.17, 15) is 9.90 Å². The number of thioether (sulfide) groups is 1. The molecule has 0 aliphatic carbocycles. The molecule has 1 aliphatic heterocycles. The van der Waals surface area contributed by atoms with E-state index < -0.39 is 18.4 Å². The van der Waals surface area contributed by atoms with E-state index in [1.165, 1.54) is 11.8 Å². The normalized spacial score (nSPS) is 25.4. The number of hydrogen-bond acceptors (Lipinski definition) is 6. The second kappa shape index (κ2) is 6.27. The number of aromatic nitrogens is 2. The molecule has 2 heterocycles. The van der Waals surface area contributed by atoms with Gasteiger partial charge in [0.25, 0.3) is 5.56 Å². The molecule has 0 unspecified atom stereocenters. The summed E-state index contributed by atoms with van der Waals surface area (Å²) in [5.41, 5.74) is 8.78. The number of aliphatic hydroxyl groups excluding tert-OH is 1. The maximum absolute atomic E-state index is 11.6. The van der Waals surface area contributed by atoms with E-state index in [-0.39, 0.29) is 12.2 Å². The van der Waals surface area contributed by atoms with Gasteiger partial charge in [-0.25, -0.2) is 0 Å². The Kier molecular flexibility index (Phi) is 4.66. The molecule has 108 valence electrons. The van der Waals surface area contributed by atoms with E-state index in [1.807, 2.05) is 6.26 Å². The Balaban J connectivity index is 2.35. The summed E-state index contributed by atoms with van der Waals surface area (Å²) in [5.74, 6) is 0. The number of nitrogens with zero attached hydrogens (tertiary/aromatic N) is 5. The van der Waals surface area contributed by atoms with Crippen LogP contribution < -0.4 is 5.56 Å². The smallest absolute Gasteiger partial charge is 0.276 e. The maximum atomic E-state index is 11.6. The Labute approximate surface area is 119 Å². The molecule has 20 heavy (non-hydrogen) atoms. The molecule has 1 N–H and O–H groups in total. The lowest BCUT2D eigenvalue weighted by Gasteiger charge is -2.18. The van der Waals surface area contributed by atoms with Gasteiger partial charge in [-0.3, -0.25) is 4.79 Å². The highest BCUT2D eigenvalue weighted by Crippen LogP contribution is 2.32. The summed E-state index contributed by atoms with van der Waals surface area (Å²) in [4.78, 5) is 18.3. The lowest BCUT2D eigenvalue weighted by molar-refractivity contribution is -0.0297. The summed E-state index contributed by atoms with van der Waals surface area (Å²) < 4.78 is 7.44. The third kappa shape index (κ3) is 2.80. The van der Waals surface area contributed by atoms with Crippen LogP contribution in [0.1, 0.15) is 18.2 Å². The van der Waals surface area contributed by atoms with Gasteiger partial charge in [0, 0.05) is 23.1 Å². The quantitative estimate of drug-likeness (QED) is 0.295. The third-order valence-corrected chi connectivity index (χ3v) is 3.83. The average Bonchev–Trinajstić information content (AvgIpc) is 2.84. The number of aryl methyl sites for hydroxylation is 1. The number of rotatable bonds is 4. The molecule has 1 fully saturated rings. The van der Waals surface area contributed by atoms with Crippen molar-refractivity contribution in [3.63, 3.8) is 0 Å². The average molecular weight is 297 g/mol. The molecule has 1 aromatic heterocycles. The number of azide groups is 1. The predicted octanol–water partition coefficient (Wildman–Crippen LogP) is 1.23. The molecular weight excluding hydrogens is 282 g/mol. The van der Waals surface area contributed by atoms with Gasteiger partial charge >= 0.3 is 0 Å².